The molecule has 0 saturated carbocycles. The summed E-state index contributed by atoms with van der Waals surface area (Å²) in [5.74, 6) is -2.40. The molecule has 0 bridgehead atoms. The Morgan fingerprint density at radius 3 is 2.00 bits per heavy atom. The van der Waals surface area contributed by atoms with E-state index in [-0.39, 0.29) is 17.6 Å². The summed E-state index contributed by atoms with van der Waals surface area (Å²) in [5, 5.41) is 6.34. The Morgan fingerprint density at radius 2 is 1.26 bits per heavy atom. The van der Waals surface area contributed by atoms with E-state index < -0.39 is 23.9 Å². The maximum absolute atomic E-state index is 14.1. The van der Waals surface area contributed by atoms with E-state index in [4.69, 9.17) is 0 Å². The van der Waals surface area contributed by atoms with E-state index in [1.54, 1.807) is 47.6 Å². The van der Waals surface area contributed by atoms with E-state index >= 15 is 0 Å². The van der Waals surface area contributed by atoms with Crippen LogP contribution in [0.2, 0.25) is 0 Å². The number of fused-ring (bicyclic) bond motifs is 5. The van der Waals surface area contributed by atoms with Gasteiger partial charge in [-0.15, -0.1) is 0 Å². The van der Waals surface area contributed by atoms with Gasteiger partial charge in [0.1, 0.15) is 6.04 Å². The maximum atomic E-state index is 14.1. The number of para-hydroxylation sites is 1. The van der Waals surface area contributed by atoms with Crippen LogP contribution in [0, 0.1) is 11.8 Å². The first-order chi connectivity index (χ1) is 18.6. The molecule has 6 nitrogen and oxygen atoms in total. The van der Waals surface area contributed by atoms with Crippen LogP contribution in [0.1, 0.15) is 27.5 Å². The first-order valence-electron chi connectivity index (χ1n) is 12.7. The van der Waals surface area contributed by atoms with Crippen molar-refractivity contribution in [1.29, 1.82) is 0 Å². The Kier molecular flexibility index (Phi) is 5.08. The number of hydrogen-bond donors (Lipinski definition) is 0. The highest BCUT2D eigenvalue weighted by Crippen LogP contribution is 2.53. The quantitative estimate of drug-likeness (QED) is 0.290. The molecule has 0 radical (unpaired) electrons. The number of carbonyl (C=O) groups excluding carboxylic acids is 3. The number of rotatable bonds is 4. The number of benzene rings is 4. The van der Waals surface area contributed by atoms with Crippen molar-refractivity contribution in [3.05, 3.63) is 126 Å². The fraction of sp³-hybridized carbons (Fsp3) is 0.125. The molecule has 0 aromatic heterocycles. The lowest BCUT2D eigenvalue weighted by Gasteiger charge is -2.33. The molecule has 2 saturated heterocycles. The summed E-state index contributed by atoms with van der Waals surface area (Å²) in [6.45, 7) is 0. The first-order valence-corrected chi connectivity index (χ1v) is 12.7. The van der Waals surface area contributed by atoms with E-state index in [0.29, 0.717) is 11.3 Å². The van der Waals surface area contributed by atoms with Crippen LogP contribution in [-0.4, -0.2) is 34.9 Å². The topological polar surface area (TPSA) is 70.0 Å². The Bertz CT molecular complexity index is 1600. The van der Waals surface area contributed by atoms with Gasteiger partial charge in [-0.25, -0.2) is 4.90 Å². The molecule has 4 aromatic carbocycles. The van der Waals surface area contributed by atoms with Crippen LogP contribution < -0.4 is 4.90 Å². The predicted octanol–water partition coefficient (Wildman–Crippen LogP) is 5.12. The minimum Gasteiger partial charge on any atom is -0.292 e. The van der Waals surface area contributed by atoms with Gasteiger partial charge in [-0.1, -0.05) is 97.1 Å². The molecule has 2 amide bonds. The van der Waals surface area contributed by atoms with Gasteiger partial charge in [-0.05, 0) is 34.4 Å². The summed E-state index contributed by atoms with van der Waals surface area (Å²) in [4.78, 5) is 43.2. The largest absolute Gasteiger partial charge is 0.292 e. The standard InChI is InChI=1S/C32H23N3O3/c36-30(22-17-15-21(16-18-22)20-9-3-1-4-10-20)29-27-26(28-25-14-8-7-11-23(25)19-33-35(28)29)31(37)34(32(27)38)24-12-5-2-6-13-24/h1-19,26-29H/t26-,27+,28-,29-/m0/s1. The third-order valence-corrected chi connectivity index (χ3v) is 7.85. The molecule has 0 aliphatic carbocycles. The number of Topliss-reactive ketones (excluding diaryl/α,β-unsaturated/α-hetero) is 1. The van der Waals surface area contributed by atoms with Crippen molar-refractivity contribution in [2.45, 2.75) is 12.1 Å². The van der Waals surface area contributed by atoms with Gasteiger partial charge in [0.15, 0.2) is 5.78 Å². The summed E-state index contributed by atoms with van der Waals surface area (Å²) < 4.78 is 0. The molecule has 2 fully saturated rings. The zero-order chi connectivity index (χ0) is 25.8. The van der Waals surface area contributed by atoms with E-state index in [2.05, 4.69) is 5.10 Å². The Balaban J connectivity index is 1.31. The zero-order valence-corrected chi connectivity index (χ0v) is 20.3. The zero-order valence-electron chi connectivity index (χ0n) is 20.3. The van der Waals surface area contributed by atoms with Gasteiger partial charge in [0.2, 0.25) is 11.8 Å². The number of hydrogen-bond acceptors (Lipinski definition) is 5. The maximum Gasteiger partial charge on any atom is 0.240 e. The second kappa shape index (κ2) is 8.63. The highest BCUT2D eigenvalue weighted by molar-refractivity contribution is 6.24. The van der Waals surface area contributed by atoms with Gasteiger partial charge in [-0.3, -0.25) is 19.4 Å². The summed E-state index contributed by atoms with van der Waals surface area (Å²) in [6, 6.07) is 32.7. The second-order valence-corrected chi connectivity index (χ2v) is 9.85. The van der Waals surface area contributed by atoms with Crippen molar-refractivity contribution in [2.24, 2.45) is 16.9 Å². The monoisotopic (exact) mass is 497 g/mol. The number of carbonyl (C=O) groups is 3. The SMILES string of the molecule is O=C(c1ccc(-c2ccccc2)cc1)[C@@H]1[C@@H]2C(=O)N(c3ccccc3)C(=O)[C@@H]2[C@@H]2c3ccccc3C=NN12. The summed E-state index contributed by atoms with van der Waals surface area (Å²) in [6.07, 6.45) is 1.72. The van der Waals surface area contributed by atoms with E-state index in [1.165, 1.54) is 4.90 Å². The molecule has 6 heteroatoms. The van der Waals surface area contributed by atoms with Crippen molar-refractivity contribution in [3.8, 4) is 11.1 Å². The number of ketones is 1. The molecular weight excluding hydrogens is 474 g/mol. The van der Waals surface area contributed by atoms with E-state index in [1.807, 2.05) is 72.8 Å². The van der Waals surface area contributed by atoms with Gasteiger partial charge in [0.05, 0.1) is 29.8 Å². The van der Waals surface area contributed by atoms with Gasteiger partial charge < -0.3 is 0 Å². The van der Waals surface area contributed by atoms with Crippen molar-refractivity contribution in [3.63, 3.8) is 0 Å². The average Bonchev–Trinajstić information content (AvgIpc) is 3.46. The third kappa shape index (κ3) is 3.27. The van der Waals surface area contributed by atoms with Crippen LogP contribution in [0.4, 0.5) is 5.69 Å². The molecule has 7 rings (SSSR count). The van der Waals surface area contributed by atoms with Crippen LogP contribution >= 0.6 is 0 Å². The summed E-state index contributed by atoms with van der Waals surface area (Å²) in [7, 11) is 0. The molecule has 38 heavy (non-hydrogen) atoms. The Labute approximate surface area is 219 Å². The number of imide groups is 1. The highest BCUT2D eigenvalue weighted by Gasteiger charge is 2.65. The molecule has 3 heterocycles. The molecular formula is C32H23N3O3. The van der Waals surface area contributed by atoms with Gasteiger partial charge >= 0.3 is 0 Å². The van der Waals surface area contributed by atoms with Crippen molar-refractivity contribution >= 4 is 29.5 Å². The van der Waals surface area contributed by atoms with Crippen LogP contribution in [0.25, 0.3) is 11.1 Å². The van der Waals surface area contributed by atoms with Crippen LogP contribution in [-0.2, 0) is 9.59 Å². The lowest BCUT2D eigenvalue weighted by Crippen LogP contribution is -2.44. The molecule has 0 spiro atoms. The lowest BCUT2D eigenvalue weighted by molar-refractivity contribution is -0.124. The molecule has 184 valence electrons. The van der Waals surface area contributed by atoms with Crippen molar-refractivity contribution in [1.82, 2.24) is 5.01 Å². The second-order valence-electron chi connectivity index (χ2n) is 9.85. The first kappa shape index (κ1) is 22.4. The highest BCUT2D eigenvalue weighted by atomic mass is 16.2. The van der Waals surface area contributed by atoms with Crippen LogP contribution in [0.15, 0.2) is 114 Å². The van der Waals surface area contributed by atoms with Crippen molar-refractivity contribution in [2.75, 3.05) is 4.90 Å². The lowest BCUT2D eigenvalue weighted by atomic mass is 9.83. The van der Waals surface area contributed by atoms with E-state index in [0.717, 1.165) is 22.3 Å². The summed E-state index contributed by atoms with van der Waals surface area (Å²) >= 11 is 0. The third-order valence-electron chi connectivity index (χ3n) is 7.85. The Morgan fingerprint density at radius 1 is 0.658 bits per heavy atom. The fourth-order valence-corrected chi connectivity index (χ4v) is 6.13. The number of anilines is 1. The molecule has 4 aromatic rings. The smallest absolute Gasteiger partial charge is 0.240 e. The molecule has 3 aliphatic heterocycles. The average molecular weight is 498 g/mol. The minimum atomic E-state index is -0.887. The molecule has 0 N–H and O–H groups in total. The Hall–Kier alpha value is -4.84. The minimum absolute atomic E-state index is 0.213. The normalized spacial score (nSPS) is 23.3. The fourth-order valence-electron chi connectivity index (χ4n) is 6.13. The van der Waals surface area contributed by atoms with Crippen LogP contribution in [0.3, 0.4) is 0 Å². The molecule has 3 aliphatic rings. The van der Waals surface area contributed by atoms with Crippen LogP contribution in [0.5, 0.6) is 0 Å². The number of amides is 2. The number of hydrazone groups is 1. The van der Waals surface area contributed by atoms with Gasteiger partial charge in [-0.2, -0.15) is 5.10 Å². The van der Waals surface area contributed by atoms with Gasteiger partial charge in [0.25, 0.3) is 0 Å². The molecule has 0 unspecified atom stereocenters. The van der Waals surface area contributed by atoms with Crippen molar-refractivity contribution < 1.29 is 14.4 Å². The molecule has 4 atom stereocenters. The van der Waals surface area contributed by atoms with E-state index in [9.17, 15) is 14.4 Å². The number of nitrogens with zero attached hydrogens (tertiary/aromatic N) is 3. The summed E-state index contributed by atoms with van der Waals surface area (Å²) in [5.41, 5.74) is 4.86. The predicted molar refractivity (Wildman–Crippen MR) is 145 cm³/mol. The van der Waals surface area contributed by atoms with Gasteiger partial charge in [0, 0.05) is 5.56 Å².